The standard InChI is InChI=1S/C77H48N2S/c1-2-17-49(18-3-1)50-33-39-53(40-34-50)78(54-41-35-51(36-42-54)52-37-43-55(44-38-52)79-71-30-13-8-22-60(71)61-23-9-14-31-72(61)79)73-46-45-57(56-19-4-5-21-59(56)73)63-26-16-29-69-76(63)64-25-7-12-28-68(64)77(69)67-27-11-6-20-58(67)65-47-66-62-24-10-15-32-74(62)80-75(66)48-70(65)77/h1-48H. The summed E-state index contributed by atoms with van der Waals surface area (Å²) in [4.78, 5) is 2.44. The summed E-state index contributed by atoms with van der Waals surface area (Å²) in [5.74, 6) is 0. The minimum absolute atomic E-state index is 0.475. The zero-order valence-electron chi connectivity index (χ0n) is 43.5. The fourth-order valence-electron chi connectivity index (χ4n) is 14.0. The molecule has 0 N–H and O–H groups in total. The van der Waals surface area contributed by atoms with Gasteiger partial charge in [-0.15, -0.1) is 11.3 Å². The third-order valence-electron chi connectivity index (χ3n) is 17.4. The van der Waals surface area contributed by atoms with Crippen LogP contribution in [0.1, 0.15) is 22.3 Å². The molecular weight excluding hydrogens is 985 g/mol. The summed E-state index contributed by atoms with van der Waals surface area (Å²) in [6, 6.07) is 108. The lowest BCUT2D eigenvalue weighted by atomic mass is 9.70. The summed E-state index contributed by atoms with van der Waals surface area (Å²) >= 11 is 1.91. The largest absolute Gasteiger partial charge is 0.310 e. The first-order chi connectivity index (χ1) is 39.7. The van der Waals surface area contributed by atoms with E-state index in [0.717, 1.165) is 22.7 Å². The van der Waals surface area contributed by atoms with Crippen molar-refractivity contribution in [2.45, 2.75) is 5.41 Å². The van der Waals surface area contributed by atoms with Gasteiger partial charge in [0.15, 0.2) is 0 Å². The highest BCUT2D eigenvalue weighted by atomic mass is 32.1. The summed E-state index contributed by atoms with van der Waals surface area (Å²) in [6.07, 6.45) is 0. The lowest BCUT2D eigenvalue weighted by Crippen LogP contribution is -2.25. The van der Waals surface area contributed by atoms with Crippen LogP contribution in [0.25, 0.3) is 114 Å². The topological polar surface area (TPSA) is 8.17 Å². The maximum absolute atomic E-state index is 2.54. The van der Waals surface area contributed by atoms with Crippen molar-refractivity contribution in [3.05, 3.63) is 313 Å². The molecule has 80 heavy (non-hydrogen) atoms. The highest BCUT2D eigenvalue weighted by Gasteiger charge is 2.52. The second-order valence-corrected chi connectivity index (χ2v) is 22.5. The summed E-state index contributed by atoms with van der Waals surface area (Å²) in [5.41, 5.74) is 24.3. The van der Waals surface area contributed by atoms with Crippen LogP contribution in [-0.4, -0.2) is 4.57 Å². The van der Waals surface area contributed by atoms with Crippen molar-refractivity contribution in [1.82, 2.24) is 4.57 Å². The number of para-hydroxylation sites is 2. The first kappa shape index (κ1) is 45.0. The summed E-state index contributed by atoms with van der Waals surface area (Å²) in [5, 5.41) is 7.59. The molecule has 2 aliphatic rings. The van der Waals surface area contributed by atoms with E-state index in [-0.39, 0.29) is 0 Å². The van der Waals surface area contributed by atoms with E-state index >= 15 is 0 Å². The molecule has 0 aliphatic heterocycles. The van der Waals surface area contributed by atoms with Crippen LogP contribution < -0.4 is 4.90 Å². The van der Waals surface area contributed by atoms with Crippen LogP contribution in [0.4, 0.5) is 17.1 Å². The number of thiophene rings is 1. The average molecular weight is 1030 g/mol. The minimum Gasteiger partial charge on any atom is -0.310 e. The molecule has 0 radical (unpaired) electrons. The number of hydrogen-bond donors (Lipinski definition) is 0. The van der Waals surface area contributed by atoms with Crippen LogP contribution in [0.15, 0.2) is 291 Å². The first-order valence-electron chi connectivity index (χ1n) is 27.6. The van der Waals surface area contributed by atoms with Crippen molar-refractivity contribution < 1.29 is 0 Å². The number of hydrogen-bond acceptors (Lipinski definition) is 2. The Labute approximate surface area is 468 Å². The highest BCUT2D eigenvalue weighted by Crippen LogP contribution is 2.65. The van der Waals surface area contributed by atoms with Crippen molar-refractivity contribution in [3.63, 3.8) is 0 Å². The molecule has 2 aliphatic carbocycles. The number of anilines is 3. The molecule has 17 rings (SSSR count). The van der Waals surface area contributed by atoms with Crippen LogP contribution in [-0.2, 0) is 5.41 Å². The second-order valence-electron chi connectivity index (χ2n) is 21.5. The van der Waals surface area contributed by atoms with Crippen molar-refractivity contribution in [2.24, 2.45) is 0 Å². The molecule has 3 heteroatoms. The van der Waals surface area contributed by atoms with Gasteiger partial charge in [0.25, 0.3) is 0 Å². The third kappa shape index (κ3) is 6.47. The lowest BCUT2D eigenvalue weighted by molar-refractivity contribution is 0.795. The predicted molar refractivity (Wildman–Crippen MR) is 338 cm³/mol. The van der Waals surface area contributed by atoms with Gasteiger partial charge in [-0.05, 0) is 156 Å². The van der Waals surface area contributed by atoms with Gasteiger partial charge < -0.3 is 9.47 Å². The number of benzene rings is 13. The SMILES string of the molecule is c1ccc(-c2ccc(N(c3ccc(-c4ccc(-n5c6ccccc6c6ccccc65)cc4)cc3)c3ccc(-c4cccc5c4-c4ccccc4C54c5ccccc5-c5cc6c(cc54)sc4ccccc46)c4ccccc34)cc2)cc1. The maximum atomic E-state index is 2.54. The second kappa shape index (κ2) is 17.5. The molecule has 0 fully saturated rings. The molecular formula is C77H48N2S. The summed E-state index contributed by atoms with van der Waals surface area (Å²) < 4.78 is 5.04. The molecule has 0 saturated carbocycles. The minimum atomic E-state index is -0.475. The van der Waals surface area contributed by atoms with Crippen LogP contribution in [0.3, 0.4) is 0 Å². The van der Waals surface area contributed by atoms with Crippen LogP contribution >= 0.6 is 11.3 Å². The summed E-state index contributed by atoms with van der Waals surface area (Å²) in [6.45, 7) is 0. The first-order valence-corrected chi connectivity index (χ1v) is 28.5. The van der Waals surface area contributed by atoms with E-state index in [9.17, 15) is 0 Å². The molecule has 0 saturated heterocycles. The fraction of sp³-hybridized carbons (Fsp3) is 0.0130. The molecule has 372 valence electrons. The molecule has 13 aromatic carbocycles. The smallest absolute Gasteiger partial charge is 0.0726 e. The molecule has 2 heterocycles. The monoisotopic (exact) mass is 1030 g/mol. The molecule has 2 aromatic heterocycles. The van der Waals surface area contributed by atoms with E-state index in [2.05, 4.69) is 301 Å². The molecule has 0 bridgehead atoms. The Morgan fingerprint density at radius 2 is 0.800 bits per heavy atom. The number of aromatic nitrogens is 1. The Morgan fingerprint density at radius 3 is 1.49 bits per heavy atom. The lowest BCUT2D eigenvalue weighted by Gasteiger charge is -2.30. The average Bonchev–Trinajstić information content (AvgIpc) is 4.42. The van der Waals surface area contributed by atoms with Gasteiger partial charge in [0, 0.05) is 53.4 Å². The van der Waals surface area contributed by atoms with Crippen LogP contribution in [0, 0.1) is 0 Å². The molecule has 15 aromatic rings. The number of fused-ring (bicyclic) bond motifs is 17. The van der Waals surface area contributed by atoms with Gasteiger partial charge in [-0.1, -0.05) is 218 Å². The molecule has 0 amide bonds. The van der Waals surface area contributed by atoms with Crippen molar-refractivity contribution in [3.8, 4) is 61.3 Å². The number of rotatable bonds is 7. The van der Waals surface area contributed by atoms with Gasteiger partial charge in [-0.25, -0.2) is 0 Å². The van der Waals surface area contributed by atoms with Crippen molar-refractivity contribution >= 4 is 81.1 Å². The normalized spacial score (nSPS) is 14.1. The Bertz CT molecular complexity index is 4930. The van der Waals surface area contributed by atoms with E-state index in [1.54, 1.807) is 0 Å². The Kier molecular flexibility index (Phi) is 9.83. The van der Waals surface area contributed by atoms with E-state index in [1.165, 1.54) is 131 Å². The van der Waals surface area contributed by atoms with Gasteiger partial charge in [-0.3, -0.25) is 0 Å². The predicted octanol–water partition coefficient (Wildman–Crippen LogP) is 21.1. The van der Waals surface area contributed by atoms with E-state index < -0.39 is 5.41 Å². The molecule has 1 atom stereocenters. The van der Waals surface area contributed by atoms with Gasteiger partial charge >= 0.3 is 0 Å². The molecule has 1 spiro atoms. The Morgan fingerprint density at radius 1 is 0.287 bits per heavy atom. The zero-order valence-corrected chi connectivity index (χ0v) is 44.3. The molecule has 2 nitrogen and oxygen atoms in total. The number of nitrogens with zero attached hydrogens (tertiary/aromatic N) is 2. The van der Waals surface area contributed by atoms with Crippen LogP contribution in [0.2, 0.25) is 0 Å². The Balaban J connectivity index is 0.807. The van der Waals surface area contributed by atoms with E-state index in [1.807, 2.05) is 11.3 Å². The van der Waals surface area contributed by atoms with Crippen LogP contribution in [0.5, 0.6) is 0 Å². The van der Waals surface area contributed by atoms with Gasteiger partial charge in [-0.2, -0.15) is 0 Å². The fourth-order valence-corrected chi connectivity index (χ4v) is 15.1. The van der Waals surface area contributed by atoms with Crippen molar-refractivity contribution in [2.75, 3.05) is 4.90 Å². The highest BCUT2D eigenvalue weighted by molar-refractivity contribution is 7.25. The third-order valence-corrected chi connectivity index (χ3v) is 18.6. The van der Waals surface area contributed by atoms with Gasteiger partial charge in [0.05, 0.1) is 22.1 Å². The summed E-state index contributed by atoms with van der Waals surface area (Å²) in [7, 11) is 0. The Hall–Kier alpha value is -10.1. The van der Waals surface area contributed by atoms with Crippen molar-refractivity contribution in [1.29, 1.82) is 0 Å². The van der Waals surface area contributed by atoms with Gasteiger partial charge in [0.2, 0.25) is 0 Å². The zero-order chi connectivity index (χ0) is 52.5. The quantitative estimate of drug-likeness (QED) is 0.154. The molecule has 1 unspecified atom stereocenters. The van der Waals surface area contributed by atoms with Gasteiger partial charge in [0.1, 0.15) is 0 Å². The van der Waals surface area contributed by atoms with E-state index in [4.69, 9.17) is 0 Å². The van der Waals surface area contributed by atoms with E-state index in [0.29, 0.717) is 0 Å². The maximum Gasteiger partial charge on any atom is 0.0726 e.